The van der Waals surface area contributed by atoms with Gasteiger partial charge in [-0.2, -0.15) is 0 Å². The number of ether oxygens (including phenoxy) is 2. The zero-order valence-electron chi connectivity index (χ0n) is 27.0. The second-order valence-electron chi connectivity index (χ2n) is 14.4. The largest absolute Gasteiger partial charge is 0.376 e. The van der Waals surface area contributed by atoms with Crippen molar-refractivity contribution in [3.8, 4) is 33.8 Å². The van der Waals surface area contributed by atoms with Gasteiger partial charge < -0.3 is 30.1 Å². The van der Waals surface area contributed by atoms with E-state index in [0.717, 1.165) is 106 Å². The Bertz CT molecular complexity index is 2280. The molecule has 0 radical (unpaired) electrons. The second-order valence-corrected chi connectivity index (χ2v) is 15.2. The van der Waals surface area contributed by atoms with Crippen molar-refractivity contribution in [2.45, 2.75) is 49.6 Å². The number of pyridine rings is 2. The summed E-state index contributed by atoms with van der Waals surface area (Å²) in [7, 11) is 0. The molecule has 2 aliphatic carbocycles. The van der Waals surface area contributed by atoms with Gasteiger partial charge in [-0.15, -0.1) is 0 Å². The first kappa shape index (κ1) is 30.4. The number of aromatic nitrogens is 4. The Hall–Kier alpha value is -4.48. The van der Waals surface area contributed by atoms with Crippen molar-refractivity contribution >= 4 is 35.0 Å². The van der Waals surface area contributed by atoms with E-state index < -0.39 is 0 Å². The van der Waals surface area contributed by atoms with Gasteiger partial charge in [0, 0.05) is 58.3 Å². The standard InChI is InChI=1S/C22H18ClN3O2.C16H14ClN3O2/c23-14-3-1-2-12(6-14)17-7-16-13(9-24-17)4-5-15-19-18(25-20(15)16)8-22(10-28-11-22)26-21(19)27;17-12-3-10-8(5-18-12)1-2-9-13-11(19-14(9)10)4-16(6-22-7-16)20-15(13)21/h1-3,6-7,9,25H,4-5,8,10-11H2,(H,26,27);3,5,19H,1-2,4,6-7H2,(H,20,21). The lowest BCUT2D eigenvalue weighted by atomic mass is 9.83. The number of amides is 2. The summed E-state index contributed by atoms with van der Waals surface area (Å²) in [6.07, 6.45) is 8.86. The van der Waals surface area contributed by atoms with Crippen LogP contribution in [0.15, 0.2) is 48.8 Å². The molecule has 2 fully saturated rings. The number of nitrogens with one attached hydrogen (secondary N) is 4. The Labute approximate surface area is 297 Å². The molecule has 50 heavy (non-hydrogen) atoms. The molecule has 10 nitrogen and oxygen atoms in total. The minimum absolute atomic E-state index is 0.0191. The van der Waals surface area contributed by atoms with E-state index >= 15 is 0 Å². The summed E-state index contributed by atoms with van der Waals surface area (Å²) in [5, 5.41) is 7.48. The van der Waals surface area contributed by atoms with Crippen LogP contribution in [0.3, 0.4) is 0 Å². The summed E-state index contributed by atoms with van der Waals surface area (Å²) in [4.78, 5) is 41.3. The summed E-state index contributed by atoms with van der Waals surface area (Å²) in [6.45, 7) is 2.35. The summed E-state index contributed by atoms with van der Waals surface area (Å²) >= 11 is 12.2. The van der Waals surface area contributed by atoms with Gasteiger partial charge in [-0.1, -0.05) is 35.3 Å². The quantitative estimate of drug-likeness (QED) is 0.172. The minimum atomic E-state index is -0.232. The third kappa shape index (κ3) is 4.69. The molecule has 12 heteroatoms. The maximum atomic E-state index is 12.9. The number of fused-ring (bicyclic) bond motifs is 10. The van der Waals surface area contributed by atoms with Crippen molar-refractivity contribution in [1.29, 1.82) is 0 Å². The first-order chi connectivity index (χ1) is 24.3. The van der Waals surface area contributed by atoms with Crippen molar-refractivity contribution in [3.05, 3.63) is 104 Å². The number of carbonyl (C=O) groups is 2. The Morgan fingerprint density at radius 1 is 0.680 bits per heavy atom. The number of benzene rings is 1. The number of H-pyrrole nitrogens is 2. The van der Waals surface area contributed by atoms with E-state index in [1.165, 1.54) is 11.1 Å². The Morgan fingerprint density at radius 2 is 1.24 bits per heavy atom. The first-order valence-electron chi connectivity index (χ1n) is 17.0. The van der Waals surface area contributed by atoms with Crippen molar-refractivity contribution in [1.82, 2.24) is 30.6 Å². The van der Waals surface area contributed by atoms with Gasteiger partial charge in [0.25, 0.3) is 11.8 Å². The Balaban J connectivity index is 0.000000130. The number of rotatable bonds is 1. The number of nitrogens with zero attached hydrogens (tertiary/aromatic N) is 2. The van der Waals surface area contributed by atoms with Gasteiger partial charge in [0.2, 0.25) is 0 Å². The zero-order valence-corrected chi connectivity index (χ0v) is 28.5. The molecule has 4 aliphatic heterocycles. The smallest absolute Gasteiger partial charge is 0.254 e. The highest BCUT2D eigenvalue weighted by atomic mass is 35.5. The zero-order chi connectivity index (χ0) is 33.8. The molecule has 252 valence electrons. The van der Waals surface area contributed by atoms with E-state index in [2.05, 4.69) is 36.6 Å². The first-order valence-corrected chi connectivity index (χ1v) is 17.7. The fourth-order valence-electron chi connectivity index (χ4n) is 8.51. The Kier molecular flexibility index (Phi) is 6.68. The lowest BCUT2D eigenvalue weighted by molar-refractivity contribution is -0.0714. The maximum absolute atomic E-state index is 12.9. The Morgan fingerprint density at radius 3 is 1.78 bits per heavy atom. The average molecular weight is 708 g/mol. The number of aromatic amines is 2. The summed E-state index contributed by atoms with van der Waals surface area (Å²) in [5.74, 6) is 0.0419. The summed E-state index contributed by atoms with van der Waals surface area (Å²) in [5.41, 5.74) is 14.1. The van der Waals surface area contributed by atoms with Gasteiger partial charge in [-0.3, -0.25) is 14.6 Å². The molecular weight excluding hydrogens is 675 g/mol. The molecule has 5 aromatic rings. The van der Waals surface area contributed by atoms with Crippen LogP contribution in [-0.4, -0.2) is 69.3 Å². The summed E-state index contributed by atoms with van der Waals surface area (Å²) < 4.78 is 10.7. The van der Waals surface area contributed by atoms with Crippen LogP contribution in [0, 0.1) is 0 Å². The SMILES string of the molecule is O=C1NC2(COC2)Cc2[nH]c3c(c21)CCc1cnc(-c2cccc(Cl)c2)cc1-3.O=C1NC2(COC2)Cc2[nH]c3c(c21)CCc1cnc(Cl)cc1-3. The van der Waals surface area contributed by atoms with E-state index in [0.29, 0.717) is 36.6 Å². The fourth-order valence-corrected chi connectivity index (χ4v) is 8.86. The van der Waals surface area contributed by atoms with E-state index in [9.17, 15) is 9.59 Å². The molecule has 0 saturated carbocycles. The maximum Gasteiger partial charge on any atom is 0.254 e. The highest BCUT2D eigenvalue weighted by Gasteiger charge is 2.47. The lowest BCUT2D eigenvalue weighted by Crippen LogP contribution is -2.65. The number of aryl methyl sites for hydroxylation is 2. The molecule has 1 aromatic carbocycles. The number of hydrogen-bond donors (Lipinski definition) is 4. The lowest BCUT2D eigenvalue weighted by Gasteiger charge is -2.44. The molecule has 11 rings (SSSR count). The third-order valence-electron chi connectivity index (χ3n) is 11.0. The van der Waals surface area contributed by atoms with Crippen LogP contribution < -0.4 is 10.6 Å². The average Bonchev–Trinajstić information content (AvgIpc) is 3.66. The van der Waals surface area contributed by atoms with Crippen molar-refractivity contribution in [2.75, 3.05) is 26.4 Å². The van der Waals surface area contributed by atoms with Gasteiger partial charge in [-0.25, -0.2) is 4.98 Å². The van der Waals surface area contributed by atoms with Crippen molar-refractivity contribution in [2.24, 2.45) is 0 Å². The highest BCUT2D eigenvalue weighted by molar-refractivity contribution is 6.31. The van der Waals surface area contributed by atoms with Gasteiger partial charge in [0.1, 0.15) is 5.15 Å². The van der Waals surface area contributed by atoms with Crippen molar-refractivity contribution in [3.63, 3.8) is 0 Å². The van der Waals surface area contributed by atoms with Gasteiger partial charge in [0.05, 0.1) is 65.7 Å². The van der Waals surface area contributed by atoms with Crippen LogP contribution in [0.4, 0.5) is 0 Å². The number of hydrogen-bond acceptors (Lipinski definition) is 6. The van der Waals surface area contributed by atoms with Gasteiger partial charge >= 0.3 is 0 Å². The molecule has 2 amide bonds. The highest BCUT2D eigenvalue weighted by Crippen LogP contribution is 2.42. The van der Waals surface area contributed by atoms with Crippen LogP contribution in [0.1, 0.15) is 54.4 Å². The number of halogens is 2. The van der Waals surface area contributed by atoms with Gasteiger partial charge in [0.15, 0.2) is 0 Å². The van der Waals surface area contributed by atoms with Crippen LogP contribution >= 0.6 is 23.2 Å². The van der Waals surface area contributed by atoms with E-state index in [-0.39, 0.29) is 22.9 Å². The summed E-state index contributed by atoms with van der Waals surface area (Å²) in [6, 6.07) is 11.7. The molecular formula is C38H32Cl2N6O4. The van der Waals surface area contributed by atoms with E-state index in [4.69, 9.17) is 32.7 Å². The van der Waals surface area contributed by atoms with E-state index in [1.807, 2.05) is 42.7 Å². The predicted octanol–water partition coefficient (Wildman–Crippen LogP) is 5.43. The normalized spacial score (nSPS) is 19.6. The monoisotopic (exact) mass is 706 g/mol. The minimum Gasteiger partial charge on any atom is -0.376 e. The predicted molar refractivity (Wildman–Crippen MR) is 188 cm³/mol. The molecule has 4 N–H and O–H groups in total. The van der Waals surface area contributed by atoms with Crippen LogP contribution in [-0.2, 0) is 48.0 Å². The molecule has 0 bridgehead atoms. The third-order valence-corrected chi connectivity index (χ3v) is 11.4. The van der Waals surface area contributed by atoms with E-state index in [1.54, 1.807) is 0 Å². The number of carbonyl (C=O) groups excluding carboxylic acids is 2. The van der Waals surface area contributed by atoms with Crippen LogP contribution in [0.2, 0.25) is 10.2 Å². The van der Waals surface area contributed by atoms with Crippen molar-refractivity contribution < 1.29 is 19.1 Å². The molecule has 8 heterocycles. The van der Waals surface area contributed by atoms with Gasteiger partial charge in [-0.05, 0) is 72.2 Å². The topological polar surface area (TPSA) is 134 Å². The molecule has 0 unspecified atom stereocenters. The fraction of sp³-hybridized carbons (Fsp3) is 0.316. The van der Waals surface area contributed by atoms with Crippen LogP contribution in [0.5, 0.6) is 0 Å². The molecule has 2 saturated heterocycles. The second kappa shape index (κ2) is 11.0. The molecule has 4 aromatic heterocycles. The molecule has 2 spiro atoms. The molecule has 0 atom stereocenters. The van der Waals surface area contributed by atoms with Crippen LogP contribution in [0.25, 0.3) is 33.8 Å². The molecule has 6 aliphatic rings.